The fourth-order valence-corrected chi connectivity index (χ4v) is 4.36. The fraction of sp³-hybridized carbons (Fsp3) is 0.200. The van der Waals surface area contributed by atoms with Crippen LogP contribution in [0.1, 0.15) is 18.1 Å². The summed E-state index contributed by atoms with van der Waals surface area (Å²) in [6.45, 7) is 3.88. The van der Waals surface area contributed by atoms with Crippen molar-refractivity contribution in [3.05, 3.63) is 52.0 Å². The Balaban J connectivity index is 2.47. The van der Waals surface area contributed by atoms with E-state index in [0.29, 0.717) is 15.8 Å². The molecule has 21 heavy (non-hydrogen) atoms. The van der Waals surface area contributed by atoms with E-state index in [2.05, 4.69) is 20.7 Å². The summed E-state index contributed by atoms with van der Waals surface area (Å²) in [4.78, 5) is 0.169. The maximum atomic E-state index is 12.6. The van der Waals surface area contributed by atoms with E-state index in [9.17, 15) is 8.42 Å². The molecule has 0 aromatic heterocycles. The maximum Gasteiger partial charge on any atom is 0.263 e. The topological polar surface area (TPSA) is 72.2 Å². The smallest absolute Gasteiger partial charge is 0.263 e. The van der Waals surface area contributed by atoms with Crippen LogP contribution in [0, 0.1) is 6.92 Å². The van der Waals surface area contributed by atoms with Crippen molar-refractivity contribution in [3.63, 3.8) is 0 Å². The van der Waals surface area contributed by atoms with E-state index < -0.39 is 10.0 Å². The number of hydrogen-bond acceptors (Lipinski definition) is 3. The van der Waals surface area contributed by atoms with Crippen molar-refractivity contribution in [2.75, 3.05) is 10.5 Å². The highest BCUT2D eigenvalue weighted by Crippen LogP contribution is 2.29. The number of para-hydroxylation sites is 1. The van der Waals surface area contributed by atoms with Gasteiger partial charge in [0.2, 0.25) is 0 Å². The number of rotatable bonds is 4. The van der Waals surface area contributed by atoms with Gasteiger partial charge >= 0.3 is 0 Å². The molecule has 0 unspecified atom stereocenters. The van der Waals surface area contributed by atoms with Crippen LogP contribution in [0.4, 0.5) is 11.4 Å². The Morgan fingerprint density at radius 1 is 1.24 bits per heavy atom. The first-order valence-corrected chi connectivity index (χ1v) is 8.79. The fourth-order valence-electron chi connectivity index (χ4n) is 2.09. The lowest BCUT2D eigenvalue weighted by atomic mass is 10.1. The molecule has 4 nitrogen and oxygen atoms in total. The Morgan fingerprint density at radius 2 is 1.95 bits per heavy atom. The molecule has 0 saturated heterocycles. The first-order valence-electron chi connectivity index (χ1n) is 6.51. The molecular weight excluding hydrogens is 352 g/mol. The van der Waals surface area contributed by atoms with Crippen LogP contribution in [0.15, 0.2) is 45.8 Å². The molecule has 0 aliphatic heterocycles. The Labute approximate surface area is 133 Å². The van der Waals surface area contributed by atoms with Gasteiger partial charge in [-0.2, -0.15) is 0 Å². The third-order valence-corrected chi connectivity index (χ3v) is 5.55. The highest BCUT2D eigenvalue weighted by molar-refractivity contribution is 9.10. The molecule has 2 aromatic rings. The zero-order chi connectivity index (χ0) is 15.6. The minimum absolute atomic E-state index is 0.169. The van der Waals surface area contributed by atoms with Gasteiger partial charge < -0.3 is 5.73 Å². The van der Waals surface area contributed by atoms with E-state index in [1.54, 1.807) is 12.1 Å². The Morgan fingerprint density at radius 3 is 2.57 bits per heavy atom. The molecule has 2 rings (SSSR count). The maximum absolute atomic E-state index is 12.6. The van der Waals surface area contributed by atoms with Gasteiger partial charge in [-0.05, 0) is 58.6 Å². The summed E-state index contributed by atoms with van der Waals surface area (Å²) in [6, 6.07) is 10.4. The van der Waals surface area contributed by atoms with Crippen LogP contribution >= 0.6 is 15.9 Å². The normalized spacial score (nSPS) is 11.4. The van der Waals surface area contributed by atoms with Gasteiger partial charge in [0.1, 0.15) is 4.90 Å². The van der Waals surface area contributed by atoms with E-state index in [-0.39, 0.29) is 4.90 Å². The van der Waals surface area contributed by atoms with Gasteiger partial charge in [0.25, 0.3) is 10.0 Å². The highest BCUT2D eigenvalue weighted by Gasteiger charge is 2.19. The van der Waals surface area contributed by atoms with Crippen molar-refractivity contribution in [1.82, 2.24) is 0 Å². The van der Waals surface area contributed by atoms with Crippen molar-refractivity contribution in [3.8, 4) is 0 Å². The number of halogens is 1. The van der Waals surface area contributed by atoms with E-state index in [4.69, 9.17) is 5.73 Å². The van der Waals surface area contributed by atoms with Crippen LogP contribution in [0.3, 0.4) is 0 Å². The number of nitrogens with two attached hydrogens (primary N) is 1. The lowest BCUT2D eigenvalue weighted by molar-refractivity contribution is 0.600. The lowest BCUT2D eigenvalue weighted by Crippen LogP contribution is -2.15. The Kier molecular flexibility index (Phi) is 4.58. The molecule has 0 amide bonds. The number of aryl methyl sites for hydroxylation is 2. The van der Waals surface area contributed by atoms with Crippen molar-refractivity contribution in [2.45, 2.75) is 25.2 Å². The minimum Gasteiger partial charge on any atom is -0.399 e. The van der Waals surface area contributed by atoms with E-state index in [1.165, 1.54) is 6.07 Å². The van der Waals surface area contributed by atoms with Crippen LogP contribution in [-0.2, 0) is 16.4 Å². The summed E-state index contributed by atoms with van der Waals surface area (Å²) < 4.78 is 28.3. The quantitative estimate of drug-likeness (QED) is 0.808. The van der Waals surface area contributed by atoms with Crippen LogP contribution in [0.25, 0.3) is 0 Å². The van der Waals surface area contributed by atoms with Crippen molar-refractivity contribution >= 4 is 37.3 Å². The van der Waals surface area contributed by atoms with Crippen LogP contribution in [0.2, 0.25) is 0 Å². The van der Waals surface area contributed by atoms with Gasteiger partial charge in [0, 0.05) is 10.2 Å². The predicted octanol–water partition coefficient (Wildman–Crippen LogP) is 3.70. The van der Waals surface area contributed by atoms with E-state index in [0.717, 1.165) is 17.5 Å². The lowest BCUT2D eigenvalue weighted by Gasteiger charge is -2.15. The second-order valence-corrected chi connectivity index (χ2v) is 7.26. The molecule has 2 aromatic carbocycles. The predicted molar refractivity (Wildman–Crippen MR) is 89.9 cm³/mol. The Bertz CT molecular complexity index is 773. The number of benzene rings is 2. The van der Waals surface area contributed by atoms with Crippen LogP contribution in [0.5, 0.6) is 0 Å². The number of hydrogen-bond donors (Lipinski definition) is 2. The van der Waals surface area contributed by atoms with Crippen molar-refractivity contribution < 1.29 is 8.42 Å². The monoisotopic (exact) mass is 368 g/mol. The summed E-state index contributed by atoms with van der Waals surface area (Å²) in [5, 5.41) is 0. The molecular formula is C15H17BrN2O2S. The molecule has 0 saturated carbocycles. The number of anilines is 2. The second kappa shape index (κ2) is 6.07. The van der Waals surface area contributed by atoms with Gasteiger partial charge in [-0.1, -0.05) is 25.1 Å². The van der Waals surface area contributed by atoms with Crippen LogP contribution in [-0.4, -0.2) is 8.42 Å². The summed E-state index contributed by atoms with van der Waals surface area (Å²) in [7, 11) is -3.67. The van der Waals surface area contributed by atoms with Crippen LogP contribution < -0.4 is 10.5 Å². The van der Waals surface area contributed by atoms with Gasteiger partial charge in [0.15, 0.2) is 0 Å². The van der Waals surface area contributed by atoms with Gasteiger partial charge in [-0.25, -0.2) is 8.42 Å². The molecule has 6 heteroatoms. The number of nitrogen functional groups attached to an aromatic ring is 1. The first kappa shape index (κ1) is 15.9. The Hall–Kier alpha value is -1.53. The molecule has 3 N–H and O–H groups in total. The van der Waals surface area contributed by atoms with Gasteiger partial charge in [0.05, 0.1) is 5.69 Å². The third kappa shape index (κ3) is 3.39. The largest absolute Gasteiger partial charge is 0.399 e. The third-order valence-electron chi connectivity index (χ3n) is 3.22. The van der Waals surface area contributed by atoms with Gasteiger partial charge in [-0.3, -0.25) is 4.72 Å². The highest BCUT2D eigenvalue weighted by atomic mass is 79.9. The molecule has 0 atom stereocenters. The zero-order valence-electron chi connectivity index (χ0n) is 11.9. The molecule has 0 spiro atoms. The summed E-state index contributed by atoms with van der Waals surface area (Å²) in [5.41, 5.74) is 8.65. The van der Waals surface area contributed by atoms with Crippen molar-refractivity contribution in [2.24, 2.45) is 0 Å². The van der Waals surface area contributed by atoms with E-state index in [1.807, 2.05) is 32.0 Å². The first-order chi connectivity index (χ1) is 9.85. The molecule has 0 bridgehead atoms. The second-order valence-electron chi connectivity index (χ2n) is 4.76. The molecule has 0 radical (unpaired) electrons. The molecule has 0 aliphatic carbocycles. The molecule has 112 valence electrons. The number of nitrogens with one attached hydrogen (secondary N) is 1. The minimum atomic E-state index is -3.67. The number of sulfonamides is 1. The van der Waals surface area contributed by atoms with Gasteiger partial charge in [-0.15, -0.1) is 0 Å². The molecule has 0 fully saturated rings. The summed E-state index contributed by atoms with van der Waals surface area (Å²) in [5.74, 6) is 0. The zero-order valence-corrected chi connectivity index (χ0v) is 14.3. The van der Waals surface area contributed by atoms with Crippen molar-refractivity contribution in [1.29, 1.82) is 0 Å². The standard InChI is InChI=1S/C15H17BrN2O2S/c1-3-11-6-4-5-10(2)15(11)18-21(19,20)14-8-7-12(17)9-13(14)16/h4-9,18H,3,17H2,1-2H3. The van der Waals surface area contributed by atoms with E-state index >= 15 is 0 Å². The average Bonchev–Trinajstić information content (AvgIpc) is 2.40. The molecule has 0 heterocycles. The average molecular weight is 369 g/mol. The molecule has 0 aliphatic rings. The summed E-state index contributed by atoms with van der Waals surface area (Å²) in [6.07, 6.45) is 0.752. The summed E-state index contributed by atoms with van der Waals surface area (Å²) >= 11 is 3.25. The SMILES string of the molecule is CCc1cccc(C)c1NS(=O)(=O)c1ccc(N)cc1Br.